The van der Waals surface area contributed by atoms with Crippen LogP contribution in [-0.4, -0.2) is 104 Å². The van der Waals surface area contributed by atoms with Crippen molar-refractivity contribution < 1.29 is 74.9 Å². The molecule has 0 spiro atoms. The number of ether oxygens (including phenoxy) is 1. The summed E-state index contributed by atoms with van der Waals surface area (Å²) in [6.07, 6.45) is 13.2. The van der Waals surface area contributed by atoms with Gasteiger partial charge in [-0.25, -0.2) is 13.1 Å². The fraction of sp³-hybridized carbons (Fsp3) is 0.354. The molecule has 392 valence electrons. The second-order valence-corrected chi connectivity index (χ2v) is 25.5. The maximum absolute atomic E-state index is 13.5. The Kier molecular flexibility index (Phi) is 17.8. The molecule has 0 saturated carbocycles. The molecule has 72 heavy (non-hydrogen) atoms. The van der Waals surface area contributed by atoms with Gasteiger partial charge >= 0.3 is 5.97 Å². The number of nitrogens with zero attached hydrogens (tertiary/aromatic N) is 1. The summed E-state index contributed by atoms with van der Waals surface area (Å²) >= 11 is 0. The second kappa shape index (κ2) is 22.2. The quantitative estimate of drug-likeness (QED) is 0.0225. The van der Waals surface area contributed by atoms with E-state index in [4.69, 9.17) is 4.74 Å². The fourth-order valence-electron chi connectivity index (χ4n) is 9.16. The van der Waals surface area contributed by atoms with Crippen LogP contribution in [0.2, 0.25) is 0 Å². The molecule has 1 heterocycles. The number of allylic oxidation sites excluding steroid dienone is 9. The molecule has 1 aliphatic rings. The predicted molar refractivity (Wildman–Crippen MR) is 273 cm³/mol. The molecule has 0 aliphatic carbocycles. The van der Waals surface area contributed by atoms with Crippen LogP contribution >= 0.6 is 0 Å². The third-order valence-corrected chi connectivity index (χ3v) is 17.4. The van der Waals surface area contributed by atoms with Gasteiger partial charge in [0.15, 0.2) is 0 Å². The first-order valence-corrected chi connectivity index (χ1v) is 29.6. The van der Waals surface area contributed by atoms with Gasteiger partial charge in [-0.1, -0.05) is 88.4 Å². The monoisotopic (exact) mass is 1090 g/mol. The molecule has 1 atom stereocenters. The Labute approximate surface area is 420 Å². The number of nitrogens with one attached hydrogen (secondary N) is 1. The van der Waals surface area contributed by atoms with Gasteiger partial charge in [-0.15, -0.1) is 0 Å². The van der Waals surface area contributed by atoms with Crippen LogP contribution in [0.1, 0.15) is 76.0 Å². The number of fused-ring (bicyclic) bond motifs is 4. The number of unbranched alkanes of at least 4 members (excludes halogenated alkanes) is 2. The Balaban J connectivity index is 1.57. The summed E-state index contributed by atoms with van der Waals surface area (Å²) in [5.74, 6) is -1.58. The zero-order chi connectivity index (χ0) is 53.8. The Bertz CT molecular complexity index is 3510. The lowest BCUT2D eigenvalue weighted by molar-refractivity contribution is -0.137. The number of hydrogen-bond donors (Lipinski definition) is 6. The Hall–Kier alpha value is -5.12. The summed E-state index contributed by atoms with van der Waals surface area (Å²) < 4.78 is 173. The third-order valence-electron chi connectivity index (χ3n) is 12.5. The van der Waals surface area contributed by atoms with Crippen molar-refractivity contribution in [3.05, 3.63) is 126 Å². The highest BCUT2D eigenvalue weighted by molar-refractivity contribution is 7.89. The lowest BCUT2D eigenvalue weighted by Crippen LogP contribution is -2.27. The molecule has 0 radical (unpaired) electrons. The first-order valence-electron chi connectivity index (χ1n) is 22.2. The molecule has 0 fully saturated rings. The van der Waals surface area contributed by atoms with Gasteiger partial charge in [0.25, 0.3) is 40.5 Å². The molecule has 0 amide bonds. The van der Waals surface area contributed by atoms with Gasteiger partial charge in [-0.2, -0.15) is 33.7 Å². The molecule has 1 aliphatic heterocycles. The highest BCUT2D eigenvalue weighted by Crippen LogP contribution is 2.52. The number of sulfonamides is 1. The number of carboxylic acid groups (broad SMARTS) is 1. The average Bonchev–Trinajstić information content (AvgIpc) is 3.47. The van der Waals surface area contributed by atoms with E-state index in [0.29, 0.717) is 59.8 Å². The Morgan fingerprint density at radius 2 is 1.33 bits per heavy atom. The van der Waals surface area contributed by atoms with Crippen molar-refractivity contribution in [1.82, 2.24) is 4.72 Å². The van der Waals surface area contributed by atoms with E-state index in [-0.39, 0.29) is 54.0 Å². The van der Waals surface area contributed by atoms with Gasteiger partial charge in [0.2, 0.25) is 10.0 Å². The number of benzene rings is 4. The van der Waals surface area contributed by atoms with Gasteiger partial charge in [0, 0.05) is 59.6 Å². The second-order valence-electron chi connectivity index (χ2n) is 18.0. The summed E-state index contributed by atoms with van der Waals surface area (Å²) in [4.78, 5) is 10.6. The average molecular weight is 1100 g/mol. The maximum Gasteiger partial charge on any atom is 0.303 e. The molecule has 24 heteroatoms. The molecular weight excluding hydrogens is 1040 g/mol. The van der Waals surface area contributed by atoms with Crippen molar-refractivity contribution in [3.63, 3.8) is 0 Å². The van der Waals surface area contributed by atoms with Crippen LogP contribution in [-0.2, 0) is 70.9 Å². The van der Waals surface area contributed by atoms with E-state index < -0.39 is 92.6 Å². The van der Waals surface area contributed by atoms with E-state index in [0.717, 1.165) is 17.8 Å². The van der Waals surface area contributed by atoms with E-state index in [2.05, 4.69) is 11.3 Å². The zero-order valence-electron chi connectivity index (χ0n) is 40.1. The van der Waals surface area contributed by atoms with Crippen molar-refractivity contribution >= 4 is 83.7 Å². The summed E-state index contributed by atoms with van der Waals surface area (Å²) in [7, 11) is -22.4. The van der Waals surface area contributed by atoms with Crippen molar-refractivity contribution in [1.29, 1.82) is 0 Å². The molecule has 0 saturated heterocycles. The van der Waals surface area contributed by atoms with Crippen molar-refractivity contribution in [2.45, 2.75) is 96.6 Å². The molecule has 4 aromatic carbocycles. The van der Waals surface area contributed by atoms with E-state index in [1.807, 2.05) is 24.8 Å². The first-order chi connectivity index (χ1) is 33.3. The lowest BCUT2D eigenvalue weighted by atomic mass is 9.70. The van der Waals surface area contributed by atoms with Crippen LogP contribution < -0.4 is 9.62 Å². The minimum atomic E-state index is -5.05. The largest absolute Gasteiger partial charge is 0.481 e. The number of methoxy groups -OCH3 is 1. The lowest BCUT2D eigenvalue weighted by Gasteiger charge is -2.34. The van der Waals surface area contributed by atoms with E-state index in [1.165, 1.54) is 31.4 Å². The van der Waals surface area contributed by atoms with Crippen LogP contribution in [0, 0.1) is 6.92 Å². The van der Waals surface area contributed by atoms with E-state index in [1.54, 1.807) is 56.4 Å². The molecule has 4 aromatic rings. The van der Waals surface area contributed by atoms with Gasteiger partial charge in [-0.3, -0.25) is 23.0 Å². The summed E-state index contributed by atoms with van der Waals surface area (Å²) in [5.41, 5.74) is 0.855. The number of aliphatic carboxylic acids is 1. The summed E-state index contributed by atoms with van der Waals surface area (Å²) in [5, 5.41) is 9.47. The maximum atomic E-state index is 13.5. The van der Waals surface area contributed by atoms with Crippen LogP contribution in [0.25, 0.3) is 21.5 Å². The summed E-state index contributed by atoms with van der Waals surface area (Å²) in [6.45, 7) is 11.6. The zero-order valence-corrected chi connectivity index (χ0v) is 44.1. The SMILES string of the molecule is C=C(/C=C/C=C/C=C/C=C1/N(CCCCCC(=O)O)c2ccc3c(S(=O)(=O)O)cc(S(=O)(=O)NCCOC)cc3c2C1(C)C)C(C)(CCCS(=O)(=O)O)c1c(C)ccc2c(S(=O)(=O)O)cc(S(=O)(=O)O)cc12. The molecule has 19 nitrogen and oxygen atoms in total. The highest BCUT2D eigenvalue weighted by atomic mass is 32.2. The highest BCUT2D eigenvalue weighted by Gasteiger charge is 2.42. The summed E-state index contributed by atoms with van der Waals surface area (Å²) in [6, 6.07) is 10.0. The normalized spacial score (nSPS) is 16.2. The Morgan fingerprint density at radius 1 is 0.750 bits per heavy atom. The minimum absolute atomic E-state index is 0.00626. The van der Waals surface area contributed by atoms with Crippen LogP contribution in [0.4, 0.5) is 5.69 Å². The molecule has 5 rings (SSSR count). The molecule has 0 bridgehead atoms. The van der Waals surface area contributed by atoms with Crippen molar-refractivity contribution in [2.75, 3.05) is 37.5 Å². The van der Waals surface area contributed by atoms with Gasteiger partial charge in [0.05, 0.1) is 22.2 Å². The minimum Gasteiger partial charge on any atom is -0.481 e. The first kappa shape index (κ1) is 57.8. The van der Waals surface area contributed by atoms with Crippen LogP contribution in [0.5, 0.6) is 0 Å². The van der Waals surface area contributed by atoms with E-state index in [9.17, 15) is 70.2 Å². The number of carbonyl (C=O) groups is 1. The van der Waals surface area contributed by atoms with Crippen LogP contribution in [0.15, 0.2) is 128 Å². The van der Waals surface area contributed by atoms with Gasteiger partial charge in [0.1, 0.15) is 9.79 Å². The number of anilines is 1. The molecular formula is C48H58N2O17S5. The van der Waals surface area contributed by atoms with Crippen molar-refractivity contribution in [2.24, 2.45) is 0 Å². The third kappa shape index (κ3) is 13.3. The van der Waals surface area contributed by atoms with E-state index >= 15 is 0 Å². The van der Waals surface area contributed by atoms with Crippen molar-refractivity contribution in [3.8, 4) is 0 Å². The predicted octanol–water partition coefficient (Wildman–Crippen LogP) is 7.44. The van der Waals surface area contributed by atoms with Gasteiger partial charge in [-0.05, 0) is 102 Å². The number of hydrogen-bond acceptors (Lipinski definition) is 13. The Morgan fingerprint density at radius 3 is 1.93 bits per heavy atom. The fourth-order valence-corrected chi connectivity index (χ4v) is 12.9. The smallest absolute Gasteiger partial charge is 0.303 e. The molecule has 6 N–H and O–H groups in total. The molecule has 1 unspecified atom stereocenters. The molecule has 0 aromatic heterocycles. The number of aryl methyl sites for hydroxylation is 1. The number of carboxylic acids is 1. The van der Waals surface area contributed by atoms with Crippen LogP contribution in [0.3, 0.4) is 0 Å². The topological polar surface area (TPSA) is 313 Å². The number of rotatable bonds is 24. The van der Waals surface area contributed by atoms with Gasteiger partial charge < -0.3 is 14.7 Å². The standard InChI is InChI=1S/C48H58N2O17S5/c1-32-19-20-36-38(29-35(70(58,59)60)31-42(36)72(64,65)66)45(32)48(5,23-15-27-68(53,54)55)33(2)16-11-8-7-9-12-17-43-47(3,4)46-39-28-34(69(56,57)49-24-26-67-6)30-41(71(61,62)63)37(39)21-22-40(46)50(43)25-14-10-13-18-44(51)52/h7-9,11-12,16-17,19-22,28-31,49H,2,10,13-15,18,23-27H2,1,3-6H3,(H,51,52)(H,53,54,55)(H,58,59,60)(H,61,62,63)(H,64,65,66)/b8-7+,12-9+,16-11+,43-17+.